The summed E-state index contributed by atoms with van der Waals surface area (Å²) in [4.78, 5) is 10.3. The fourth-order valence-electron chi connectivity index (χ4n) is 1.26. The summed E-state index contributed by atoms with van der Waals surface area (Å²) in [6.07, 6.45) is -3.80. The van der Waals surface area contributed by atoms with Gasteiger partial charge < -0.3 is 20.4 Å². The van der Waals surface area contributed by atoms with Crippen molar-refractivity contribution in [3.05, 3.63) is 29.6 Å². The van der Waals surface area contributed by atoms with E-state index < -0.39 is 36.2 Å². The molecule has 4 N–H and O–H groups in total. The van der Waals surface area contributed by atoms with Crippen molar-refractivity contribution in [3.63, 3.8) is 0 Å². The van der Waals surface area contributed by atoms with Crippen LogP contribution in [0.25, 0.3) is 0 Å². The van der Waals surface area contributed by atoms with E-state index in [1.54, 1.807) is 0 Å². The first-order valence-corrected chi connectivity index (χ1v) is 4.48. The molecule has 0 amide bonds. The molecule has 1 rings (SSSR count). The molecule has 0 saturated carbocycles. The lowest BCUT2D eigenvalue weighted by Crippen LogP contribution is -2.21. The number of phenolic OH excluding ortho intramolecular Hbond substituents is 1. The van der Waals surface area contributed by atoms with Gasteiger partial charge in [-0.25, -0.2) is 4.39 Å². The first kappa shape index (κ1) is 12.4. The SMILES string of the molecule is O=C(O)CC(O)C(O)c1ccc(F)cc1O. The Morgan fingerprint density at radius 2 is 2.00 bits per heavy atom. The van der Waals surface area contributed by atoms with Gasteiger partial charge in [0, 0.05) is 11.6 Å². The molecule has 0 aromatic heterocycles. The van der Waals surface area contributed by atoms with E-state index in [1.165, 1.54) is 0 Å². The summed E-state index contributed by atoms with van der Waals surface area (Å²) in [6, 6.07) is 2.85. The molecule has 0 aliphatic heterocycles. The Morgan fingerprint density at radius 3 is 2.50 bits per heavy atom. The summed E-state index contributed by atoms with van der Waals surface area (Å²) in [6.45, 7) is 0. The average molecular weight is 230 g/mol. The highest BCUT2D eigenvalue weighted by molar-refractivity contribution is 5.67. The second-order valence-electron chi connectivity index (χ2n) is 3.31. The number of carboxylic acid groups (broad SMARTS) is 1. The monoisotopic (exact) mass is 230 g/mol. The first-order chi connectivity index (χ1) is 7.41. The Bertz CT molecular complexity index is 393. The van der Waals surface area contributed by atoms with Gasteiger partial charge in [0.2, 0.25) is 0 Å². The maximum absolute atomic E-state index is 12.6. The van der Waals surface area contributed by atoms with Gasteiger partial charge in [0.05, 0.1) is 12.5 Å². The molecular formula is C10H11FO5. The summed E-state index contributed by atoms with van der Waals surface area (Å²) in [5, 5.41) is 36.5. The third-order valence-electron chi connectivity index (χ3n) is 2.06. The molecule has 5 nitrogen and oxygen atoms in total. The van der Waals surface area contributed by atoms with Gasteiger partial charge >= 0.3 is 5.97 Å². The van der Waals surface area contributed by atoms with Gasteiger partial charge in [-0.1, -0.05) is 0 Å². The molecule has 0 spiro atoms. The van der Waals surface area contributed by atoms with E-state index in [0.717, 1.165) is 18.2 Å². The van der Waals surface area contributed by atoms with Crippen LogP contribution in [0.2, 0.25) is 0 Å². The zero-order chi connectivity index (χ0) is 12.3. The number of hydrogen-bond donors (Lipinski definition) is 4. The number of rotatable bonds is 4. The van der Waals surface area contributed by atoms with Crippen LogP contribution in [0.3, 0.4) is 0 Å². The zero-order valence-corrected chi connectivity index (χ0v) is 8.17. The fourth-order valence-corrected chi connectivity index (χ4v) is 1.26. The van der Waals surface area contributed by atoms with E-state index in [9.17, 15) is 24.5 Å². The van der Waals surface area contributed by atoms with E-state index in [1.807, 2.05) is 0 Å². The number of aliphatic carboxylic acids is 1. The highest BCUT2D eigenvalue weighted by Gasteiger charge is 2.23. The molecule has 88 valence electrons. The van der Waals surface area contributed by atoms with Crippen molar-refractivity contribution in [2.75, 3.05) is 0 Å². The molecule has 0 heterocycles. The predicted octanol–water partition coefficient (Wildman–Crippen LogP) is 0.400. The van der Waals surface area contributed by atoms with E-state index in [4.69, 9.17) is 5.11 Å². The number of aromatic hydroxyl groups is 1. The van der Waals surface area contributed by atoms with E-state index in [0.29, 0.717) is 0 Å². The summed E-state index contributed by atoms with van der Waals surface area (Å²) in [5.41, 5.74) is -0.116. The maximum atomic E-state index is 12.6. The highest BCUT2D eigenvalue weighted by Crippen LogP contribution is 2.28. The lowest BCUT2D eigenvalue weighted by Gasteiger charge is -2.17. The summed E-state index contributed by atoms with van der Waals surface area (Å²) in [7, 11) is 0. The molecule has 0 aliphatic rings. The van der Waals surface area contributed by atoms with Crippen molar-refractivity contribution in [2.24, 2.45) is 0 Å². The number of halogens is 1. The number of aliphatic hydroxyl groups is 2. The topological polar surface area (TPSA) is 98.0 Å². The van der Waals surface area contributed by atoms with Gasteiger partial charge in [-0.2, -0.15) is 0 Å². The van der Waals surface area contributed by atoms with Crippen LogP contribution in [0.4, 0.5) is 4.39 Å². The first-order valence-electron chi connectivity index (χ1n) is 4.48. The summed E-state index contributed by atoms with van der Waals surface area (Å²) in [5.74, 6) is -2.51. The zero-order valence-electron chi connectivity index (χ0n) is 8.17. The van der Waals surface area contributed by atoms with E-state index >= 15 is 0 Å². The summed E-state index contributed by atoms with van der Waals surface area (Å²) >= 11 is 0. The Kier molecular flexibility index (Phi) is 3.81. The van der Waals surface area contributed by atoms with E-state index in [-0.39, 0.29) is 5.56 Å². The number of carbonyl (C=O) groups is 1. The number of hydrogen-bond acceptors (Lipinski definition) is 4. The minimum atomic E-state index is -1.57. The van der Waals surface area contributed by atoms with E-state index in [2.05, 4.69) is 0 Å². The molecule has 0 bridgehead atoms. The normalized spacial score (nSPS) is 14.4. The highest BCUT2D eigenvalue weighted by atomic mass is 19.1. The van der Waals surface area contributed by atoms with Gasteiger partial charge in [0.15, 0.2) is 0 Å². The number of carboxylic acids is 1. The van der Waals surface area contributed by atoms with Crippen molar-refractivity contribution in [1.29, 1.82) is 0 Å². The molecule has 2 atom stereocenters. The quantitative estimate of drug-likeness (QED) is 0.600. The average Bonchev–Trinajstić information content (AvgIpc) is 2.15. The molecule has 1 aromatic carbocycles. The van der Waals surface area contributed by atoms with Crippen LogP contribution >= 0.6 is 0 Å². The minimum Gasteiger partial charge on any atom is -0.507 e. The van der Waals surface area contributed by atoms with Crippen LogP contribution in [-0.2, 0) is 4.79 Å². The van der Waals surface area contributed by atoms with Crippen molar-refractivity contribution < 1.29 is 29.6 Å². The predicted molar refractivity (Wildman–Crippen MR) is 51.3 cm³/mol. The molecule has 0 fully saturated rings. The number of benzene rings is 1. The van der Waals surface area contributed by atoms with Crippen LogP contribution in [0.5, 0.6) is 5.75 Å². The smallest absolute Gasteiger partial charge is 0.306 e. The standard InChI is InChI=1S/C10H11FO5/c11-5-1-2-6(7(12)3-5)10(16)8(13)4-9(14)15/h1-3,8,10,12-13,16H,4H2,(H,14,15). The Labute approximate surface area is 90.4 Å². The third kappa shape index (κ3) is 2.91. The van der Waals surface area contributed by atoms with Crippen LogP contribution in [0, 0.1) is 5.82 Å². The molecule has 2 unspecified atom stereocenters. The minimum absolute atomic E-state index is 0.116. The molecule has 0 aliphatic carbocycles. The van der Waals surface area contributed by atoms with Crippen LogP contribution in [-0.4, -0.2) is 32.5 Å². The maximum Gasteiger partial charge on any atom is 0.306 e. The molecule has 16 heavy (non-hydrogen) atoms. The molecular weight excluding hydrogens is 219 g/mol. The number of phenols is 1. The number of aliphatic hydroxyl groups excluding tert-OH is 2. The second kappa shape index (κ2) is 4.91. The van der Waals surface area contributed by atoms with Crippen molar-refractivity contribution >= 4 is 5.97 Å². The van der Waals surface area contributed by atoms with Gasteiger partial charge in [-0.15, -0.1) is 0 Å². The van der Waals surface area contributed by atoms with Gasteiger partial charge in [-0.3, -0.25) is 4.79 Å². The lowest BCUT2D eigenvalue weighted by atomic mass is 10.0. The Balaban J connectivity index is 2.87. The fraction of sp³-hybridized carbons (Fsp3) is 0.300. The Hall–Kier alpha value is -1.66. The largest absolute Gasteiger partial charge is 0.507 e. The van der Waals surface area contributed by atoms with Crippen molar-refractivity contribution in [3.8, 4) is 5.75 Å². The second-order valence-corrected chi connectivity index (χ2v) is 3.31. The molecule has 1 aromatic rings. The van der Waals surface area contributed by atoms with Crippen molar-refractivity contribution in [1.82, 2.24) is 0 Å². The molecule has 0 saturated heterocycles. The molecule has 0 radical (unpaired) electrons. The molecule has 6 heteroatoms. The summed E-state index contributed by atoms with van der Waals surface area (Å²) < 4.78 is 12.6. The van der Waals surface area contributed by atoms with Crippen molar-refractivity contribution in [2.45, 2.75) is 18.6 Å². The van der Waals surface area contributed by atoms with Crippen LogP contribution in [0.1, 0.15) is 18.1 Å². The lowest BCUT2D eigenvalue weighted by molar-refractivity contribution is -0.141. The van der Waals surface area contributed by atoms with Crippen LogP contribution in [0.15, 0.2) is 18.2 Å². The van der Waals surface area contributed by atoms with Gasteiger partial charge in [0.25, 0.3) is 0 Å². The van der Waals surface area contributed by atoms with Crippen LogP contribution < -0.4 is 0 Å². The van der Waals surface area contributed by atoms with Gasteiger partial charge in [0.1, 0.15) is 17.7 Å². The Morgan fingerprint density at radius 1 is 1.38 bits per heavy atom. The third-order valence-corrected chi connectivity index (χ3v) is 2.06. The van der Waals surface area contributed by atoms with Gasteiger partial charge in [-0.05, 0) is 12.1 Å².